The summed E-state index contributed by atoms with van der Waals surface area (Å²) in [7, 11) is 0. The summed E-state index contributed by atoms with van der Waals surface area (Å²) in [6.45, 7) is 2.02. The van der Waals surface area contributed by atoms with E-state index in [0.29, 0.717) is 5.78 Å². The van der Waals surface area contributed by atoms with E-state index in [1.54, 1.807) is 0 Å². The summed E-state index contributed by atoms with van der Waals surface area (Å²) in [6.07, 6.45) is 8.61. The number of hydrogen-bond acceptors (Lipinski definition) is 1. The van der Waals surface area contributed by atoms with Crippen molar-refractivity contribution in [1.29, 1.82) is 0 Å². The number of ketones is 1. The minimum absolute atomic E-state index is 0.327. The summed E-state index contributed by atoms with van der Waals surface area (Å²) < 4.78 is 0. The Bertz CT molecular complexity index is 375. The molecule has 0 N–H and O–H groups in total. The molecule has 0 saturated heterocycles. The number of carbonyl (C=O) groups excluding carboxylic acids is 1. The van der Waals surface area contributed by atoms with Crippen molar-refractivity contribution in [3.8, 4) is 0 Å². The van der Waals surface area contributed by atoms with E-state index in [1.807, 2.05) is 31.2 Å². The molecule has 1 saturated carbocycles. The average molecular weight is 230 g/mol. The highest BCUT2D eigenvalue weighted by molar-refractivity contribution is 5.97. The highest BCUT2D eigenvalue weighted by Gasteiger charge is 2.16. The molecule has 0 radical (unpaired) electrons. The van der Waals surface area contributed by atoms with Crippen LogP contribution in [-0.2, 0) is 0 Å². The predicted octanol–water partition coefficient (Wildman–Crippen LogP) is 4.54. The topological polar surface area (TPSA) is 17.1 Å². The maximum Gasteiger partial charge on any atom is 0.163 e. The number of Topliss-reactive ketones (excluding diaryl/α,β-unsaturated/α-hetero) is 1. The quantitative estimate of drug-likeness (QED) is 0.694. The molecule has 1 fully saturated rings. The van der Waals surface area contributed by atoms with Gasteiger partial charge in [-0.05, 0) is 24.8 Å². The van der Waals surface area contributed by atoms with E-state index in [0.717, 1.165) is 29.9 Å². The zero-order valence-corrected chi connectivity index (χ0v) is 10.7. The van der Waals surface area contributed by atoms with E-state index in [1.165, 1.54) is 32.1 Å². The third-order valence-electron chi connectivity index (χ3n) is 3.95. The molecule has 17 heavy (non-hydrogen) atoms. The van der Waals surface area contributed by atoms with Gasteiger partial charge in [-0.2, -0.15) is 0 Å². The first-order valence-corrected chi connectivity index (χ1v) is 6.86. The maximum absolute atomic E-state index is 12.1. The summed E-state index contributed by atoms with van der Waals surface area (Å²) in [5.41, 5.74) is 2.03. The first-order chi connectivity index (χ1) is 8.27. The van der Waals surface area contributed by atoms with E-state index in [-0.39, 0.29) is 0 Å². The van der Waals surface area contributed by atoms with Crippen molar-refractivity contribution in [3.63, 3.8) is 0 Å². The fourth-order valence-corrected chi connectivity index (χ4v) is 2.83. The van der Waals surface area contributed by atoms with Crippen LogP contribution in [0.4, 0.5) is 0 Å². The number of aryl methyl sites for hydroxylation is 1. The normalized spacial score (nSPS) is 17.0. The Morgan fingerprint density at radius 3 is 2.59 bits per heavy atom. The van der Waals surface area contributed by atoms with Crippen LogP contribution in [-0.4, -0.2) is 5.78 Å². The Labute approximate surface area is 104 Å². The minimum atomic E-state index is 0.327. The lowest BCUT2D eigenvalue weighted by atomic mass is 9.85. The van der Waals surface area contributed by atoms with Crippen molar-refractivity contribution in [1.82, 2.24) is 0 Å². The van der Waals surface area contributed by atoms with Crippen molar-refractivity contribution < 1.29 is 4.79 Å². The van der Waals surface area contributed by atoms with Gasteiger partial charge >= 0.3 is 0 Å². The number of benzene rings is 1. The molecule has 2 rings (SSSR count). The predicted molar refractivity (Wildman–Crippen MR) is 71.3 cm³/mol. The molecule has 1 aliphatic rings. The van der Waals surface area contributed by atoms with Crippen molar-refractivity contribution >= 4 is 5.78 Å². The molecule has 0 atom stereocenters. The van der Waals surface area contributed by atoms with E-state index in [4.69, 9.17) is 0 Å². The van der Waals surface area contributed by atoms with Gasteiger partial charge in [0.05, 0.1) is 0 Å². The highest BCUT2D eigenvalue weighted by atomic mass is 16.1. The van der Waals surface area contributed by atoms with Crippen LogP contribution in [0.25, 0.3) is 0 Å². The van der Waals surface area contributed by atoms with Crippen molar-refractivity contribution in [2.24, 2.45) is 5.92 Å². The molecule has 0 spiro atoms. The van der Waals surface area contributed by atoms with Gasteiger partial charge in [0, 0.05) is 12.0 Å². The van der Waals surface area contributed by atoms with Gasteiger partial charge < -0.3 is 0 Å². The SMILES string of the molecule is Cc1ccccc1C(=O)CCC1CCCCC1. The largest absolute Gasteiger partial charge is 0.294 e. The Balaban J connectivity index is 1.87. The lowest BCUT2D eigenvalue weighted by Crippen LogP contribution is -2.09. The van der Waals surface area contributed by atoms with Crippen molar-refractivity contribution in [2.45, 2.75) is 51.9 Å². The smallest absolute Gasteiger partial charge is 0.163 e. The molecular formula is C16H22O. The Morgan fingerprint density at radius 2 is 1.88 bits per heavy atom. The fraction of sp³-hybridized carbons (Fsp3) is 0.562. The molecule has 92 valence electrons. The summed E-state index contributed by atoms with van der Waals surface area (Å²) in [5.74, 6) is 1.13. The second-order valence-corrected chi connectivity index (χ2v) is 5.28. The maximum atomic E-state index is 12.1. The summed E-state index contributed by atoms with van der Waals surface area (Å²) >= 11 is 0. The zero-order chi connectivity index (χ0) is 12.1. The van der Waals surface area contributed by atoms with Crippen LogP contribution < -0.4 is 0 Å². The van der Waals surface area contributed by atoms with Crippen LogP contribution in [0.2, 0.25) is 0 Å². The first kappa shape index (κ1) is 12.3. The molecule has 1 nitrogen and oxygen atoms in total. The monoisotopic (exact) mass is 230 g/mol. The summed E-state index contributed by atoms with van der Waals surface area (Å²) in [6, 6.07) is 7.93. The Hall–Kier alpha value is -1.11. The van der Waals surface area contributed by atoms with Crippen LogP contribution in [0, 0.1) is 12.8 Å². The molecule has 1 aromatic rings. The zero-order valence-electron chi connectivity index (χ0n) is 10.7. The van der Waals surface area contributed by atoms with Gasteiger partial charge in [-0.1, -0.05) is 56.4 Å². The van der Waals surface area contributed by atoms with Gasteiger partial charge in [0.1, 0.15) is 0 Å². The van der Waals surface area contributed by atoms with Gasteiger partial charge in [0.2, 0.25) is 0 Å². The third kappa shape index (κ3) is 3.42. The van der Waals surface area contributed by atoms with Crippen LogP contribution in [0.15, 0.2) is 24.3 Å². The molecule has 0 amide bonds. The van der Waals surface area contributed by atoms with E-state index < -0.39 is 0 Å². The molecule has 1 aromatic carbocycles. The standard InChI is InChI=1S/C16H22O/c1-13-7-5-6-10-15(13)16(17)12-11-14-8-3-2-4-9-14/h5-7,10,14H,2-4,8-9,11-12H2,1H3. The molecule has 0 bridgehead atoms. The Kier molecular flexibility index (Phi) is 4.36. The van der Waals surface area contributed by atoms with Gasteiger partial charge in [-0.25, -0.2) is 0 Å². The molecule has 0 heterocycles. The first-order valence-electron chi connectivity index (χ1n) is 6.86. The van der Waals surface area contributed by atoms with Crippen LogP contribution in [0.3, 0.4) is 0 Å². The van der Waals surface area contributed by atoms with Crippen LogP contribution >= 0.6 is 0 Å². The molecular weight excluding hydrogens is 208 g/mol. The van der Waals surface area contributed by atoms with Gasteiger partial charge in [0.15, 0.2) is 5.78 Å². The summed E-state index contributed by atoms with van der Waals surface area (Å²) in [4.78, 5) is 12.1. The summed E-state index contributed by atoms with van der Waals surface area (Å²) in [5, 5.41) is 0. The molecule has 1 aliphatic carbocycles. The lowest BCUT2D eigenvalue weighted by Gasteiger charge is -2.21. The van der Waals surface area contributed by atoms with E-state index >= 15 is 0 Å². The number of carbonyl (C=O) groups is 1. The van der Waals surface area contributed by atoms with E-state index in [9.17, 15) is 4.79 Å². The van der Waals surface area contributed by atoms with Gasteiger partial charge in [-0.3, -0.25) is 4.79 Å². The second-order valence-electron chi connectivity index (χ2n) is 5.28. The minimum Gasteiger partial charge on any atom is -0.294 e. The highest BCUT2D eigenvalue weighted by Crippen LogP contribution is 2.28. The average Bonchev–Trinajstić information content (AvgIpc) is 2.38. The fourth-order valence-electron chi connectivity index (χ4n) is 2.83. The molecule has 0 aliphatic heterocycles. The van der Waals surface area contributed by atoms with Crippen LogP contribution in [0.5, 0.6) is 0 Å². The lowest BCUT2D eigenvalue weighted by molar-refractivity contribution is 0.0969. The van der Waals surface area contributed by atoms with Gasteiger partial charge in [0.25, 0.3) is 0 Å². The number of rotatable bonds is 4. The Morgan fingerprint density at radius 1 is 1.18 bits per heavy atom. The van der Waals surface area contributed by atoms with Crippen LogP contribution in [0.1, 0.15) is 60.9 Å². The number of hydrogen-bond donors (Lipinski definition) is 0. The molecule has 1 heteroatoms. The third-order valence-corrected chi connectivity index (χ3v) is 3.95. The van der Waals surface area contributed by atoms with E-state index in [2.05, 4.69) is 0 Å². The van der Waals surface area contributed by atoms with Gasteiger partial charge in [-0.15, -0.1) is 0 Å². The second kappa shape index (κ2) is 6.00. The molecule has 0 aromatic heterocycles. The molecule has 0 unspecified atom stereocenters. The van der Waals surface area contributed by atoms with Crippen molar-refractivity contribution in [3.05, 3.63) is 35.4 Å². The van der Waals surface area contributed by atoms with Crippen molar-refractivity contribution in [2.75, 3.05) is 0 Å².